The average molecular weight is 268 g/mol. The van der Waals surface area contributed by atoms with Crippen molar-refractivity contribution in [1.82, 2.24) is 9.97 Å². The molecule has 1 aromatic rings. The second-order valence-electron chi connectivity index (χ2n) is 5.95. The van der Waals surface area contributed by atoms with Gasteiger partial charge in [0, 0.05) is 12.1 Å². The van der Waals surface area contributed by atoms with Crippen LogP contribution >= 0.6 is 11.6 Å². The molecule has 1 saturated carbocycles. The molecule has 1 heterocycles. The van der Waals surface area contributed by atoms with Gasteiger partial charge in [0.1, 0.15) is 17.3 Å². The Morgan fingerprint density at radius 1 is 1.28 bits per heavy atom. The number of aromatic nitrogens is 2. The van der Waals surface area contributed by atoms with Gasteiger partial charge in [0.2, 0.25) is 0 Å². The molecule has 1 N–H and O–H groups in total. The van der Waals surface area contributed by atoms with Gasteiger partial charge in [-0.25, -0.2) is 9.97 Å². The minimum absolute atomic E-state index is 0.329. The summed E-state index contributed by atoms with van der Waals surface area (Å²) in [7, 11) is 0. The molecule has 0 atom stereocenters. The molecule has 0 saturated heterocycles. The molecular weight excluding hydrogens is 246 g/mol. The topological polar surface area (TPSA) is 37.8 Å². The summed E-state index contributed by atoms with van der Waals surface area (Å²) in [6.45, 7) is 9.81. The van der Waals surface area contributed by atoms with Crippen molar-refractivity contribution >= 4 is 17.4 Å². The van der Waals surface area contributed by atoms with E-state index in [1.807, 2.05) is 0 Å². The number of halogens is 1. The van der Waals surface area contributed by atoms with Crippen LogP contribution in [0, 0.1) is 11.3 Å². The lowest BCUT2D eigenvalue weighted by atomic mass is 9.92. The molecule has 0 spiro atoms. The van der Waals surface area contributed by atoms with Crippen LogP contribution in [0.3, 0.4) is 0 Å². The lowest BCUT2D eigenvalue weighted by molar-refractivity contribution is 0.379. The van der Waals surface area contributed by atoms with Crippen molar-refractivity contribution in [2.24, 2.45) is 11.3 Å². The van der Waals surface area contributed by atoms with Crippen molar-refractivity contribution in [3.63, 3.8) is 0 Å². The van der Waals surface area contributed by atoms with Crippen LogP contribution in [-0.4, -0.2) is 16.5 Å². The van der Waals surface area contributed by atoms with Gasteiger partial charge in [-0.2, -0.15) is 0 Å². The Hall–Kier alpha value is -0.830. The number of rotatable bonds is 5. The molecule has 18 heavy (non-hydrogen) atoms. The Bertz CT molecular complexity index is 425. The lowest BCUT2D eigenvalue weighted by Gasteiger charge is -2.22. The summed E-state index contributed by atoms with van der Waals surface area (Å²) in [6.07, 6.45) is 4.16. The zero-order chi connectivity index (χ0) is 13.3. The van der Waals surface area contributed by atoms with Gasteiger partial charge in [-0.05, 0) is 30.1 Å². The van der Waals surface area contributed by atoms with Crippen LogP contribution in [0.1, 0.15) is 52.0 Å². The van der Waals surface area contributed by atoms with E-state index in [1.54, 1.807) is 0 Å². The van der Waals surface area contributed by atoms with E-state index < -0.39 is 0 Å². The maximum atomic E-state index is 6.16. The number of hydrogen-bond acceptors (Lipinski definition) is 3. The van der Waals surface area contributed by atoms with Crippen molar-refractivity contribution in [2.75, 3.05) is 11.9 Å². The third kappa shape index (κ3) is 2.61. The fourth-order valence-electron chi connectivity index (χ4n) is 2.41. The number of anilines is 1. The van der Waals surface area contributed by atoms with E-state index >= 15 is 0 Å². The SMILES string of the molecule is CC(C)c1c(Cl)ncnc1NCC1(C(C)C)CC1. The summed E-state index contributed by atoms with van der Waals surface area (Å²) < 4.78 is 0. The van der Waals surface area contributed by atoms with Gasteiger partial charge in [0.05, 0.1) is 0 Å². The fourth-order valence-corrected chi connectivity index (χ4v) is 2.76. The van der Waals surface area contributed by atoms with Crippen LogP contribution in [0.4, 0.5) is 5.82 Å². The molecule has 3 nitrogen and oxygen atoms in total. The minimum atomic E-state index is 0.329. The summed E-state index contributed by atoms with van der Waals surface area (Å²) in [5.41, 5.74) is 1.49. The summed E-state index contributed by atoms with van der Waals surface area (Å²) in [5, 5.41) is 4.05. The van der Waals surface area contributed by atoms with Crippen LogP contribution in [0.2, 0.25) is 5.15 Å². The van der Waals surface area contributed by atoms with Crippen molar-refractivity contribution < 1.29 is 0 Å². The van der Waals surface area contributed by atoms with E-state index in [9.17, 15) is 0 Å². The first-order valence-corrected chi connectivity index (χ1v) is 7.08. The molecule has 0 radical (unpaired) electrons. The van der Waals surface area contributed by atoms with Crippen LogP contribution in [0.5, 0.6) is 0 Å². The highest BCUT2D eigenvalue weighted by molar-refractivity contribution is 6.30. The summed E-state index contributed by atoms with van der Waals surface area (Å²) >= 11 is 6.16. The lowest BCUT2D eigenvalue weighted by Crippen LogP contribution is -2.22. The number of nitrogens with one attached hydrogen (secondary N) is 1. The first kappa shape index (κ1) is 13.6. The molecule has 0 bridgehead atoms. The molecule has 1 aliphatic carbocycles. The number of hydrogen-bond donors (Lipinski definition) is 1. The molecule has 4 heteroatoms. The fraction of sp³-hybridized carbons (Fsp3) is 0.714. The first-order valence-electron chi connectivity index (χ1n) is 6.70. The zero-order valence-corrected chi connectivity index (χ0v) is 12.4. The Morgan fingerprint density at radius 3 is 2.44 bits per heavy atom. The van der Waals surface area contributed by atoms with E-state index in [4.69, 9.17) is 11.6 Å². The standard InChI is InChI=1S/C14H22ClN3/c1-9(2)11-12(15)17-8-18-13(11)16-7-14(5-6-14)10(3)4/h8-10H,5-7H2,1-4H3,(H,16,17,18). The van der Waals surface area contributed by atoms with Crippen LogP contribution in [-0.2, 0) is 0 Å². The van der Waals surface area contributed by atoms with E-state index in [-0.39, 0.29) is 0 Å². The predicted octanol–water partition coefficient (Wildman–Crippen LogP) is 4.10. The Kier molecular flexibility index (Phi) is 3.81. The molecule has 0 unspecified atom stereocenters. The van der Waals surface area contributed by atoms with Crippen molar-refractivity contribution in [3.05, 3.63) is 17.0 Å². The monoisotopic (exact) mass is 267 g/mol. The third-order valence-corrected chi connectivity index (χ3v) is 4.44. The molecule has 1 aromatic heterocycles. The van der Waals surface area contributed by atoms with E-state index in [2.05, 4.69) is 43.0 Å². The molecule has 1 fully saturated rings. The van der Waals surface area contributed by atoms with Gasteiger partial charge in [-0.3, -0.25) is 0 Å². The largest absolute Gasteiger partial charge is 0.369 e. The van der Waals surface area contributed by atoms with E-state index in [0.29, 0.717) is 22.4 Å². The summed E-state index contributed by atoms with van der Waals surface area (Å²) in [4.78, 5) is 8.41. The average Bonchev–Trinajstić information content (AvgIpc) is 3.06. The molecule has 2 rings (SSSR count). The molecule has 0 aromatic carbocycles. The quantitative estimate of drug-likeness (QED) is 0.816. The Labute approximate surface area is 114 Å². The van der Waals surface area contributed by atoms with Crippen molar-refractivity contribution in [2.45, 2.75) is 46.5 Å². The third-order valence-electron chi connectivity index (χ3n) is 4.14. The normalized spacial score (nSPS) is 17.3. The van der Waals surface area contributed by atoms with E-state index in [0.717, 1.165) is 17.9 Å². The molecule has 0 aliphatic heterocycles. The predicted molar refractivity (Wildman–Crippen MR) is 76.1 cm³/mol. The smallest absolute Gasteiger partial charge is 0.138 e. The van der Waals surface area contributed by atoms with Crippen LogP contribution in [0.15, 0.2) is 6.33 Å². The van der Waals surface area contributed by atoms with Gasteiger partial charge >= 0.3 is 0 Å². The van der Waals surface area contributed by atoms with Crippen molar-refractivity contribution in [1.29, 1.82) is 0 Å². The highest BCUT2D eigenvalue weighted by atomic mass is 35.5. The van der Waals surface area contributed by atoms with Crippen LogP contribution in [0.25, 0.3) is 0 Å². The second kappa shape index (κ2) is 5.04. The highest BCUT2D eigenvalue weighted by Crippen LogP contribution is 2.51. The summed E-state index contributed by atoms with van der Waals surface area (Å²) in [6, 6.07) is 0. The Morgan fingerprint density at radius 2 is 1.94 bits per heavy atom. The van der Waals surface area contributed by atoms with Crippen molar-refractivity contribution in [3.8, 4) is 0 Å². The molecule has 100 valence electrons. The highest BCUT2D eigenvalue weighted by Gasteiger charge is 2.45. The van der Waals surface area contributed by atoms with Gasteiger partial charge in [-0.1, -0.05) is 39.3 Å². The second-order valence-corrected chi connectivity index (χ2v) is 6.31. The van der Waals surface area contributed by atoms with E-state index in [1.165, 1.54) is 19.2 Å². The molecular formula is C14H22ClN3. The molecule has 1 aliphatic rings. The summed E-state index contributed by atoms with van der Waals surface area (Å²) in [5.74, 6) is 1.94. The minimum Gasteiger partial charge on any atom is -0.369 e. The first-order chi connectivity index (χ1) is 8.46. The number of nitrogens with zero attached hydrogens (tertiary/aromatic N) is 2. The Balaban J connectivity index is 2.12. The van der Waals surface area contributed by atoms with Gasteiger partial charge < -0.3 is 5.32 Å². The van der Waals surface area contributed by atoms with Crippen LogP contribution < -0.4 is 5.32 Å². The van der Waals surface area contributed by atoms with Gasteiger partial charge in [0.15, 0.2) is 0 Å². The van der Waals surface area contributed by atoms with Gasteiger partial charge in [-0.15, -0.1) is 0 Å². The maximum Gasteiger partial charge on any atom is 0.138 e. The zero-order valence-electron chi connectivity index (χ0n) is 11.6. The maximum absolute atomic E-state index is 6.16. The molecule has 0 amide bonds. The van der Waals surface area contributed by atoms with Gasteiger partial charge in [0.25, 0.3) is 0 Å².